The van der Waals surface area contributed by atoms with Gasteiger partial charge in [0.2, 0.25) is 5.91 Å². The van der Waals surface area contributed by atoms with Gasteiger partial charge in [0.15, 0.2) is 5.60 Å². The Bertz CT molecular complexity index is 753. The van der Waals surface area contributed by atoms with Crippen LogP contribution >= 0.6 is 0 Å². The van der Waals surface area contributed by atoms with Gasteiger partial charge in [0, 0.05) is 17.6 Å². The molecule has 7 heteroatoms. The van der Waals surface area contributed by atoms with Crippen LogP contribution in [0.3, 0.4) is 0 Å². The Kier molecular flexibility index (Phi) is 4.64. The largest absolute Gasteiger partial charge is 0.476 e. The van der Waals surface area contributed by atoms with Crippen molar-refractivity contribution in [1.29, 1.82) is 0 Å². The topological polar surface area (TPSA) is 87.7 Å². The zero-order valence-corrected chi connectivity index (χ0v) is 15.6. The molecule has 0 atom stereocenters. The smallest absolute Gasteiger partial charge is 0.271 e. The molecule has 0 radical (unpaired) electrons. The van der Waals surface area contributed by atoms with Gasteiger partial charge >= 0.3 is 0 Å². The lowest BCUT2D eigenvalue weighted by molar-refractivity contribution is -0.134. The van der Waals surface area contributed by atoms with Crippen molar-refractivity contribution in [2.24, 2.45) is 0 Å². The average Bonchev–Trinajstić information content (AvgIpc) is 3.34. The number of fused-ring (bicyclic) bond motifs is 1. The molecule has 1 aliphatic carbocycles. The van der Waals surface area contributed by atoms with Gasteiger partial charge in [0.25, 0.3) is 11.8 Å². The van der Waals surface area contributed by atoms with E-state index in [-0.39, 0.29) is 36.3 Å². The molecule has 0 spiro atoms. The highest BCUT2D eigenvalue weighted by atomic mass is 16.5. The summed E-state index contributed by atoms with van der Waals surface area (Å²) in [7, 11) is 0. The normalized spacial score (nSPS) is 18.2. The number of amides is 3. The standard InChI is InChI=1S/C19H25N3O4/c1-11(2)20-16(23)10-22-14-9-12(17(24)21-13-6-7-13)5-8-15(14)26-19(3,4)18(22)25/h5,8-9,11,13H,6-7,10H2,1-4H3,(H,20,23)(H,21,24). The van der Waals surface area contributed by atoms with Gasteiger partial charge in [0.1, 0.15) is 12.3 Å². The summed E-state index contributed by atoms with van der Waals surface area (Å²) in [6, 6.07) is 5.18. The second kappa shape index (κ2) is 6.63. The van der Waals surface area contributed by atoms with E-state index in [0.717, 1.165) is 12.8 Å². The predicted molar refractivity (Wildman–Crippen MR) is 97.3 cm³/mol. The molecule has 1 fully saturated rings. The fourth-order valence-corrected chi connectivity index (χ4v) is 2.87. The number of ether oxygens (including phenoxy) is 1. The van der Waals surface area contributed by atoms with Crippen LogP contribution in [0.15, 0.2) is 18.2 Å². The summed E-state index contributed by atoms with van der Waals surface area (Å²) < 4.78 is 5.80. The number of nitrogens with one attached hydrogen (secondary N) is 2. The van der Waals surface area contributed by atoms with E-state index >= 15 is 0 Å². The monoisotopic (exact) mass is 359 g/mol. The van der Waals surface area contributed by atoms with E-state index in [1.807, 2.05) is 13.8 Å². The molecule has 0 unspecified atom stereocenters. The quantitative estimate of drug-likeness (QED) is 0.836. The van der Waals surface area contributed by atoms with Crippen molar-refractivity contribution in [2.45, 2.75) is 58.2 Å². The minimum atomic E-state index is -1.08. The number of carbonyl (C=O) groups excluding carboxylic acids is 3. The van der Waals surface area contributed by atoms with Crippen molar-refractivity contribution in [3.63, 3.8) is 0 Å². The molecule has 26 heavy (non-hydrogen) atoms. The molecule has 3 rings (SSSR count). The summed E-state index contributed by atoms with van der Waals surface area (Å²) in [5.74, 6) is -0.275. The summed E-state index contributed by atoms with van der Waals surface area (Å²) >= 11 is 0. The Morgan fingerprint density at radius 2 is 2.00 bits per heavy atom. The van der Waals surface area contributed by atoms with Crippen LogP contribution in [0.1, 0.15) is 50.9 Å². The first kappa shape index (κ1) is 18.2. The van der Waals surface area contributed by atoms with Crippen LogP contribution in [0.5, 0.6) is 5.75 Å². The Morgan fingerprint density at radius 1 is 1.31 bits per heavy atom. The van der Waals surface area contributed by atoms with E-state index in [2.05, 4.69) is 10.6 Å². The lowest BCUT2D eigenvalue weighted by Crippen LogP contribution is -2.55. The molecule has 1 aromatic carbocycles. The van der Waals surface area contributed by atoms with E-state index in [4.69, 9.17) is 4.74 Å². The second-order valence-electron chi connectivity index (χ2n) is 7.66. The zero-order valence-electron chi connectivity index (χ0n) is 15.6. The molecular weight excluding hydrogens is 334 g/mol. The van der Waals surface area contributed by atoms with Gasteiger partial charge in [-0.05, 0) is 58.7 Å². The van der Waals surface area contributed by atoms with Crippen LogP contribution in [0.4, 0.5) is 5.69 Å². The fourth-order valence-electron chi connectivity index (χ4n) is 2.87. The first-order valence-electron chi connectivity index (χ1n) is 8.92. The second-order valence-corrected chi connectivity index (χ2v) is 7.66. The number of nitrogens with zero attached hydrogens (tertiary/aromatic N) is 1. The molecule has 7 nitrogen and oxygen atoms in total. The lowest BCUT2D eigenvalue weighted by Gasteiger charge is -2.38. The highest BCUT2D eigenvalue weighted by Gasteiger charge is 2.42. The predicted octanol–water partition coefficient (Wildman–Crippen LogP) is 1.61. The summed E-state index contributed by atoms with van der Waals surface area (Å²) in [5, 5.41) is 5.71. The van der Waals surface area contributed by atoms with Gasteiger partial charge in [-0.15, -0.1) is 0 Å². The summed E-state index contributed by atoms with van der Waals surface area (Å²) in [4.78, 5) is 38.8. The third-order valence-electron chi connectivity index (χ3n) is 4.30. The first-order chi connectivity index (χ1) is 12.2. The van der Waals surface area contributed by atoms with Gasteiger partial charge < -0.3 is 15.4 Å². The Labute approximate surface area is 153 Å². The summed E-state index contributed by atoms with van der Waals surface area (Å²) in [6.07, 6.45) is 1.99. The fraction of sp³-hybridized carbons (Fsp3) is 0.526. The van der Waals surface area contributed by atoms with Gasteiger partial charge in [-0.1, -0.05) is 0 Å². The van der Waals surface area contributed by atoms with Crippen LogP contribution in [0.2, 0.25) is 0 Å². The van der Waals surface area contributed by atoms with E-state index in [1.165, 1.54) is 4.90 Å². The van der Waals surface area contributed by atoms with Crippen LogP contribution in [-0.4, -0.2) is 42.0 Å². The maximum Gasteiger partial charge on any atom is 0.271 e. The highest BCUT2D eigenvalue weighted by Crippen LogP contribution is 2.38. The molecule has 1 aliphatic heterocycles. The minimum absolute atomic E-state index is 0.0261. The van der Waals surface area contributed by atoms with Gasteiger partial charge in [-0.25, -0.2) is 0 Å². The van der Waals surface area contributed by atoms with E-state index in [1.54, 1.807) is 32.0 Å². The molecule has 0 saturated heterocycles. The van der Waals surface area contributed by atoms with Gasteiger partial charge in [0.05, 0.1) is 5.69 Å². The molecule has 1 aromatic rings. The first-order valence-corrected chi connectivity index (χ1v) is 8.92. The molecule has 1 saturated carbocycles. The van der Waals surface area contributed by atoms with Crippen molar-refractivity contribution >= 4 is 23.4 Å². The van der Waals surface area contributed by atoms with Crippen LogP contribution in [-0.2, 0) is 9.59 Å². The average molecular weight is 359 g/mol. The van der Waals surface area contributed by atoms with E-state index in [0.29, 0.717) is 17.0 Å². The van der Waals surface area contributed by atoms with Crippen molar-refractivity contribution in [1.82, 2.24) is 10.6 Å². The zero-order chi connectivity index (χ0) is 19.1. The number of hydrogen-bond acceptors (Lipinski definition) is 4. The molecule has 140 valence electrons. The molecule has 1 heterocycles. The Balaban J connectivity index is 1.91. The van der Waals surface area contributed by atoms with Crippen LogP contribution in [0.25, 0.3) is 0 Å². The summed E-state index contributed by atoms with van der Waals surface area (Å²) in [6.45, 7) is 6.93. The molecule has 2 N–H and O–H groups in total. The van der Waals surface area contributed by atoms with Crippen molar-refractivity contribution in [3.05, 3.63) is 23.8 Å². The highest BCUT2D eigenvalue weighted by molar-refractivity contribution is 6.07. The maximum absolute atomic E-state index is 12.8. The maximum atomic E-state index is 12.8. The number of carbonyl (C=O) groups is 3. The van der Waals surface area contributed by atoms with Crippen LogP contribution in [0, 0.1) is 0 Å². The number of rotatable bonds is 5. The third kappa shape index (κ3) is 3.81. The number of anilines is 1. The molecule has 0 bridgehead atoms. The van der Waals surface area contributed by atoms with Crippen molar-refractivity contribution < 1.29 is 19.1 Å². The van der Waals surface area contributed by atoms with Crippen molar-refractivity contribution in [2.75, 3.05) is 11.4 Å². The van der Waals surface area contributed by atoms with Gasteiger partial charge in [-0.3, -0.25) is 19.3 Å². The van der Waals surface area contributed by atoms with Gasteiger partial charge in [-0.2, -0.15) is 0 Å². The van der Waals surface area contributed by atoms with Crippen LogP contribution < -0.4 is 20.3 Å². The Hall–Kier alpha value is -2.57. The number of benzene rings is 1. The Morgan fingerprint density at radius 3 is 2.62 bits per heavy atom. The molecule has 0 aromatic heterocycles. The SMILES string of the molecule is CC(C)NC(=O)CN1C(=O)C(C)(C)Oc2ccc(C(=O)NC3CC3)cc21. The number of hydrogen-bond donors (Lipinski definition) is 2. The van der Waals surface area contributed by atoms with E-state index < -0.39 is 5.60 Å². The van der Waals surface area contributed by atoms with E-state index in [9.17, 15) is 14.4 Å². The molecule has 3 amide bonds. The lowest BCUT2D eigenvalue weighted by atomic mass is 10.0. The van der Waals surface area contributed by atoms with Crippen molar-refractivity contribution in [3.8, 4) is 5.75 Å². The minimum Gasteiger partial charge on any atom is -0.476 e. The molecule has 2 aliphatic rings. The third-order valence-corrected chi connectivity index (χ3v) is 4.30. The summed E-state index contributed by atoms with van der Waals surface area (Å²) in [5.41, 5.74) is -0.194. The molecular formula is C19H25N3O4.